The molecule has 2 aromatic rings. The van der Waals surface area contributed by atoms with Crippen LogP contribution in [0.4, 0.5) is 0 Å². The highest BCUT2D eigenvalue weighted by Crippen LogP contribution is 2.36. The highest BCUT2D eigenvalue weighted by atomic mass is 16.5. The minimum Gasteiger partial charge on any atom is -0.423 e. The Balaban J connectivity index is 1.46. The Morgan fingerprint density at radius 1 is 1.03 bits per heavy atom. The summed E-state index contributed by atoms with van der Waals surface area (Å²) in [4.78, 5) is 12.4. The lowest BCUT2D eigenvalue weighted by Crippen LogP contribution is -2.21. The topological polar surface area (TPSA) is 50.1 Å². The SMILES string of the molecule is CCCCCC1CCC(C(C)Cc2ccc(C(=O)Oc3ccc(C#N)cc3)cc2)CC1. The minimum absolute atomic E-state index is 0.370. The van der Waals surface area contributed by atoms with E-state index in [1.54, 1.807) is 24.3 Å². The van der Waals surface area contributed by atoms with Crippen LogP contribution >= 0.6 is 0 Å². The summed E-state index contributed by atoms with van der Waals surface area (Å²) in [6, 6.07) is 16.5. The molecule has 31 heavy (non-hydrogen) atoms. The second kappa shape index (κ2) is 11.7. The van der Waals surface area contributed by atoms with Gasteiger partial charge in [-0.25, -0.2) is 4.79 Å². The molecule has 2 aromatic carbocycles. The lowest BCUT2D eigenvalue weighted by Gasteiger charge is -2.32. The van der Waals surface area contributed by atoms with Crippen LogP contribution in [0.5, 0.6) is 5.75 Å². The van der Waals surface area contributed by atoms with Gasteiger partial charge in [0.05, 0.1) is 17.2 Å². The molecule has 0 bridgehead atoms. The van der Waals surface area contributed by atoms with Crippen molar-refractivity contribution in [3.63, 3.8) is 0 Å². The van der Waals surface area contributed by atoms with Crippen molar-refractivity contribution in [1.29, 1.82) is 5.26 Å². The molecule has 0 radical (unpaired) electrons. The number of esters is 1. The van der Waals surface area contributed by atoms with Gasteiger partial charge in [0.1, 0.15) is 5.75 Å². The van der Waals surface area contributed by atoms with Crippen LogP contribution in [-0.2, 0) is 6.42 Å². The number of benzene rings is 2. The molecule has 0 saturated heterocycles. The summed E-state index contributed by atoms with van der Waals surface area (Å²) in [6.07, 6.45) is 12.1. The molecular formula is C28H35NO2. The maximum Gasteiger partial charge on any atom is 0.343 e. The number of carbonyl (C=O) groups is 1. The zero-order chi connectivity index (χ0) is 22.1. The summed E-state index contributed by atoms with van der Waals surface area (Å²) < 4.78 is 5.41. The fourth-order valence-electron chi connectivity index (χ4n) is 4.81. The zero-order valence-corrected chi connectivity index (χ0v) is 19.0. The largest absolute Gasteiger partial charge is 0.423 e. The van der Waals surface area contributed by atoms with E-state index >= 15 is 0 Å². The number of rotatable bonds is 9. The van der Waals surface area contributed by atoms with Crippen molar-refractivity contribution in [3.05, 3.63) is 65.2 Å². The molecule has 3 heteroatoms. The summed E-state index contributed by atoms with van der Waals surface area (Å²) in [6.45, 7) is 4.67. The number of unbranched alkanes of at least 4 members (excludes halogenated alkanes) is 2. The van der Waals surface area contributed by atoms with Crippen LogP contribution in [0.1, 0.15) is 86.7 Å². The Bertz CT molecular complexity index is 855. The average Bonchev–Trinajstić information content (AvgIpc) is 2.80. The Morgan fingerprint density at radius 3 is 2.32 bits per heavy atom. The normalized spacial score (nSPS) is 19.4. The van der Waals surface area contributed by atoms with Crippen LogP contribution in [0.15, 0.2) is 48.5 Å². The van der Waals surface area contributed by atoms with Crippen molar-refractivity contribution >= 4 is 5.97 Å². The third-order valence-corrected chi connectivity index (χ3v) is 6.85. The van der Waals surface area contributed by atoms with Gasteiger partial charge in [-0.2, -0.15) is 5.26 Å². The first-order valence-electron chi connectivity index (χ1n) is 11.9. The van der Waals surface area contributed by atoms with E-state index in [2.05, 4.69) is 32.0 Å². The Morgan fingerprint density at radius 2 is 1.71 bits per heavy atom. The minimum atomic E-state index is -0.370. The number of ether oxygens (including phenoxy) is 1. The Hall–Kier alpha value is -2.60. The third-order valence-electron chi connectivity index (χ3n) is 6.85. The monoisotopic (exact) mass is 417 g/mol. The molecule has 1 fully saturated rings. The summed E-state index contributed by atoms with van der Waals surface area (Å²) in [7, 11) is 0. The molecule has 0 spiro atoms. The number of nitriles is 1. The van der Waals surface area contributed by atoms with E-state index in [4.69, 9.17) is 10.00 Å². The first kappa shape index (κ1) is 23.1. The van der Waals surface area contributed by atoms with Gasteiger partial charge >= 0.3 is 5.97 Å². The maximum atomic E-state index is 12.4. The number of nitrogens with zero attached hydrogens (tertiary/aromatic N) is 1. The fraction of sp³-hybridized carbons (Fsp3) is 0.500. The lowest BCUT2D eigenvalue weighted by atomic mass is 9.73. The predicted octanol–water partition coefficient (Wildman–Crippen LogP) is 7.34. The van der Waals surface area contributed by atoms with E-state index in [-0.39, 0.29) is 5.97 Å². The molecule has 1 atom stereocenters. The van der Waals surface area contributed by atoms with Crippen LogP contribution < -0.4 is 4.74 Å². The molecule has 1 aliphatic carbocycles. The van der Waals surface area contributed by atoms with Gasteiger partial charge in [-0.1, -0.05) is 64.5 Å². The van der Waals surface area contributed by atoms with Gasteiger partial charge in [0.15, 0.2) is 0 Å². The molecule has 164 valence electrons. The zero-order valence-electron chi connectivity index (χ0n) is 19.0. The summed E-state index contributed by atoms with van der Waals surface area (Å²) in [5, 5.41) is 8.85. The highest BCUT2D eigenvalue weighted by Gasteiger charge is 2.25. The van der Waals surface area contributed by atoms with Gasteiger partial charge in [0.25, 0.3) is 0 Å². The van der Waals surface area contributed by atoms with Crippen molar-refractivity contribution < 1.29 is 9.53 Å². The van der Waals surface area contributed by atoms with Gasteiger partial charge in [0.2, 0.25) is 0 Å². The van der Waals surface area contributed by atoms with Gasteiger partial charge in [-0.15, -0.1) is 0 Å². The quantitative estimate of drug-likeness (QED) is 0.243. The summed E-state index contributed by atoms with van der Waals surface area (Å²) in [5.74, 6) is 2.53. The smallest absolute Gasteiger partial charge is 0.343 e. The van der Waals surface area contributed by atoms with E-state index in [1.807, 2.05) is 12.1 Å². The Kier molecular flexibility index (Phi) is 8.71. The number of hydrogen-bond acceptors (Lipinski definition) is 3. The highest BCUT2D eigenvalue weighted by molar-refractivity contribution is 5.91. The second-order valence-electron chi connectivity index (χ2n) is 9.18. The van der Waals surface area contributed by atoms with Gasteiger partial charge in [-0.3, -0.25) is 0 Å². The van der Waals surface area contributed by atoms with Crippen LogP contribution in [0.3, 0.4) is 0 Å². The first-order valence-corrected chi connectivity index (χ1v) is 11.9. The van der Waals surface area contributed by atoms with Crippen molar-refractivity contribution in [2.45, 2.75) is 71.6 Å². The predicted molar refractivity (Wildman–Crippen MR) is 125 cm³/mol. The van der Waals surface area contributed by atoms with E-state index in [1.165, 1.54) is 56.9 Å². The molecule has 0 N–H and O–H groups in total. The molecule has 0 amide bonds. The Labute approximate surface area is 187 Å². The fourth-order valence-corrected chi connectivity index (χ4v) is 4.81. The van der Waals surface area contributed by atoms with Gasteiger partial charge in [-0.05, 0) is 79.0 Å². The molecule has 3 nitrogen and oxygen atoms in total. The molecule has 1 aliphatic rings. The maximum absolute atomic E-state index is 12.4. The van der Waals surface area contributed by atoms with E-state index in [9.17, 15) is 4.79 Å². The summed E-state index contributed by atoms with van der Waals surface area (Å²) in [5.41, 5.74) is 2.38. The van der Waals surface area contributed by atoms with Crippen LogP contribution in [0.2, 0.25) is 0 Å². The lowest BCUT2D eigenvalue weighted by molar-refractivity contribution is 0.0734. The van der Waals surface area contributed by atoms with Crippen LogP contribution in [0.25, 0.3) is 0 Å². The van der Waals surface area contributed by atoms with E-state index < -0.39 is 0 Å². The van der Waals surface area contributed by atoms with Gasteiger partial charge < -0.3 is 4.74 Å². The molecule has 1 saturated carbocycles. The van der Waals surface area contributed by atoms with E-state index in [0.29, 0.717) is 22.8 Å². The standard InChI is InChI=1S/C28H35NO2/c1-3-4-5-6-22-7-13-25(14-8-22)21(2)19-23-9-15-26(16-10-23)28(30)31-27-17-11-24(20-29)12-18-27/h9-12,15-18,21-22,25H,3-8,13-14,19H2,1-2H3. The van der Waals surface area contributed by atoms with Crippen LogP contribution in [0, 0.1) is 29.1 Å². The molecule has 0 aromatic heterocycles. The van der Waals surface area contributed by atoms with Gasteiger partial charge in [0, 0.05) is 0 Å². The molecule has 0 heterocycles. The van der Waals surface area contributed by atoms with Crippen LogP contribution in [-0.4, -0.2) is 5.97 Å². The molecule has 0 aliphatic heterocycles. The molecule has 1 unspecified atom stereocenters. The van der Waals surface area contributed by atoms with E-state index in [0.717, 1.165) is 18.3 Å². The molecular weight excluding hydrogens is 382 g/mol. The van der Waals surface area contributed by atoms with Crippen molar-refractivity contribution in [1.82, 2.24) is 0 Å². The van der Waals surface area contributed by atoms with Crippen molar-refractivity contribution in [2.75, 3.05) is 0 Å². The van der Waals surface area contributed by atoms with Crippen molar-refractivity contribution in [3.8, 4) is 11.8 Å². The van der Waals surface area contributed by atoms with Crippen molar-refractivity contribution in [2.24, 2.45) is 17.8 Å². The number of hydrogen-bond donors (Lipinski definition) is 0. The summed E-state index contributed by atoms with van der Waals surface area (Å²) >= 11 is 0. The third kappa shape index (κ3) is 6.96. The second-order valence-corrected chi connectivity index (χ2v) is 9.18. The average molecular weight is 418 g/mol. The molecule has 3 rings (SSSR count). The first-order chi connectivity index (χ1) is 15.1. The number of carbonyl (C=O) groups excluding carboxylic acids is 1.